The van der Waals surface area contributed by atoms with Crippen molar-refractivity contribution >= 4 is 16.2 Å². The number of sulfonamides is 1. The molecule has 2 unspecified atom stereocenters. The topological polar surface area (TPSA) is 67.1 Å². The molecule has 7 nitrogen and oxygen atoms in total. The fourth-order valence-electron chi connectivity index (χ4n) is 4.80. The highest BCUT2D eigenvalue weighted by Gasteiger charge is 2.27. The molecule has 1 aromatic heterocycles. The summed E-state index contributed by atoms with van der Waals surface area (Å²) in [6.45, 7) is 10.2. The maximum Gasteiger partial charge on any atom is 0.243 e. The molecule has 0 bridgehead atoms. The first-order chi connectivity index (χ1) is 15.3. The summed E-state index contributed by atoms with van der Waals surface area (Å²) in [6.07, 6.45) is 5.55. The Bertz CT molecular complexity index is 1080. The van der Waals surface area contributed by atoms with E-state index in [4.69, 9.17) is 9.84 Å². The van der Waals surface area contributed by atoms with Crippen molar-refractivity contribution in [1.29, 1.82) is 0 Å². The zero-order valence-corrected chi connectivity index (χ0v) is 20.3. The number of morpholine rings is 1. The Balaban J connectivity index is 1.63. The van der Waals surface area contributed by atoms with Crippen LogP contribution in [0.4, 0.5) is 0 Å². The van der Waals surface area contributed by atoms with E-state index in [0.717, 1.165) is 22.6 Å². The summed E-state index contributed by atoms with van der Waals surface area (Å²) >= 11 is 0. The highest BCUT2D eigenvalue weighted by molar-refractivity contribution is 7.89. The van der Waals surface area contributed by atoms with Crippen molar-refractivity contribution < 1.29 is 13.2 Å². The Labute approximate surface area is 191 Å². The van der Waals surface area contributed by atoms with E-state index in [2.05, 4.69) is 36.4 Å². The molecule has 2 saturated heterocycles. The molecule has 3 heterocycles. The molecule has 2 aromatic rings. The molecule has 0 amide bonds. The van der Waals surface area contributed by atoms with Gasteiger partial charge in [0.05, 0.1) is 24.3 Å². The molecule has 2 aliphatic rings. The third-order valence-corrected chi connectivity index (χ3v) is 8.53. The second-order valence-corrected chi connectivity index (χ2v) is 10.9. The van der Waals surface area contributed by atoms with Crippen LogP contribution in [0.1, 0.15) is 50.1 Å². The van der Waals surface area contributed by atoms with Gasteiger partial charge in [-0.05, 0) is 71.2 Å². The Hall–Kier alpha value is -2.16. The maximum atomic E-state index is 13.1. The van der Waals surface area contributed by atoms with Gasteiger partial charge in [-0.15, -0.1) is 0 Å². The number of hydrogen-bond acceptors (Lipinski definition) is 5. The summed E-state index contributed by atoms with van der Waals surface area (Å²) in [5.41, 5.74) is 3.98. The second kappa shape index (κ2) is 9.37. The summed E-state index contributed by atoms with van der Waals surface area (Å²) in [5, 5.41) is 7.04. The molecule has 0 spiro atoms. The van der Waals surface area contributed by atoms with Crippen LogP contribution in [-0.4, -0.2) is 66.9 Å². The summed E-state index contributed by atoms with van der Waals surface area (Å²) in [5.74, 6) is 0. The van der Waals surface area contributed by atoms with E-state index in [-0.39, 0.29) is 0 Å². The molecule has 32 heavy (non-hydrogen) atoms. The lowest BCUT2D eigenvalue weighted by Gasteiger charge is -2.36. The van der Waals surface area contributed by atoms with Gasteiger partial charge in [-0.2, -0.15) is 9.41 Å². The molecule has 8 heteroatoms. The lowest BCUT2D eigenvalue weighted by Crippen LogP contribution is -2.40. The molecule has 4 rings (SSSR count). The summed E-state index contributed by atoms with van der Waals surface area (Å²) < 4.78 is 35.2. The molecule has 1 aromatic carbocycles. The van der Waals surface area contributed by atoms with Gasteiger partial charge >= 0.3 is 0 Å². The zero-order valence-electron chi connectivity index (χ0n) is 19.5. The number of aryl methyl sites for hydroxylation is 1. The summed E-state index contributed by atoms with van der Waals surface area (Å²) in [7, 11) is -3.54. The Morgan fingerprint density at radius 2 is 1.75 bits per heavy atom. The van der Waals surface area contributed by atoms with E-state index in [1.165, 1.54) is 23.6 Å². The highest BCUT2D eigenvalue weighted by Crippen LogP contribution is 2.26. The number of rotatable bonds is 5. The third-order valence-electron chi connectivity index (χ3n) is 6.63. The van der Waals surface area contributed by atoms with Gasteiger partial charge in [-0.25, -0.2) is 8.42 Å². The van der Waals surface area contributed by atoms with Crippen LogP contribution in [-0.2, 0) is 14.8 Å². The quantitative estimate of drug-likeness (QED) is 0.641. The van der Waals surface area contributed by atoms with Crippen molar-refractivity contribution in [3.63, 3.8) is 0 Å². The van der Waals surface area contributed by atoms with Crippen molar-refractivity contribution in [3.05, 3.63) is 47.3 Å². The molecule has 174 valence electrons. The van der Waals surface area contributed by atoms with Gasteiger partial charge in [0, 0.05) is 47.8 Å². The minimum absolute atomic E-state index is 0.315. The van der Waals surface area contributed by atoms with Gasteiger partial charge in [0.2, 0.25) is 10.0 Å². The molecule has 2 atom stereocenters. The van der Waals surface area contributed by atoms with Crippen LogP contribution in [0, 0.1) is 13.8 Å². The molecule has 2 fully saturated rings. The zero-order chi connectivity index (χ0) is 22.9. The first-order valence-corrected chi connectivity index (χ1v) is 12.9. The van der Waals surface area contributed by atoms with Crippen molar-refractivity contribution in [2.24, 2.45) is 5.10 Å². The Kier molecular flexibility index (Phi) is 6.74. The minimum atomic E-state index is -3.54. The number of ether oxygens (including phenoxy) is 1. The SMILES string of the molecule is Cc1cc(C=NN2C(C)CCCC2C)c(C)n1-c1cccc(S(=O)(=O)N2CCOCC2)c1. The van der Waals surface area contributed by atoms with E-state index in [1.807, 2.05) is 25.3 Å². The van der Waals surface area contributed by atoms with Crippen LogP contribution in [0.2, 0.25) is 0 Å². The summed E-state index contributed by atoms with van der Waals surface area (Å²) in [6, 6.07) is 10.2. The lowest BCUT2D eigenvalue weighted by molar-refractivity contribution is 0.0730. The van der Waals surface area contributed by atoms with Gasteiger partial charge in [0.25, 0.3) is 0 Å². The Morgan fingerprint density at radius 3 is 2.44 bits per heavy atom. The van der Waals surface area contributed by atoms with Crippen LogP contribution in [0.15, 0.2) is 40.3 Å². The smallest absolute Gasteiger partial charge is 0.243 e. The first kappa shape index (κ1) is 23.0. The average molecular weight is 459 g/mol. The lowest BCUT2D eigenvalue weighted by atomic mass is 10.00. The van der Waals surface area contributed by atoms with Gasteiger partial charge in [-0.3, -0.25) is 5.01 Å². The molecule has 0 aliphatic carbocycles. The fraction of sp³-hybridized carbons (Fsp3) is 0.542. The normalized spacial score (nSPS) is 23.2. The average Bonchev–Trinajstić information content (AvgIpc) is 3.07. The molecule has 2 aliphatic heterocycles. The van der Waals surface area contributed by atoms with E-state index in [1.54, 1.807) is 12.1 Å². The standard InChI is InChI=1S/C24H34N4O3S/c1-18-7-5-8-19(2)28(18)25-17-22-15-20(3)27(21(22)4)23-9-6-10-24(16-23)32(29,30)26-11-13-31-14-12-26/h6,9-10,15-19H,5,7-8,11-14H2,1-4H3. The van der Waals surface area contributed by atoms with Crippen molar-refractivity contribution in [2.75, 3.05) is 26.3 Å². The van der Waals surface area contributed by atoms with Crippen LogP contribution < -0.4 is 0 Å². The van der Waals surface area contributed by atoms with E-state index < -0.39 is 10.0 Å². The second-order valence-electron chi connectivity index (χ2n) is 8.93. The number of piperidine rings is 1. The van der Waals surface area contributed by atoms with Gasteiger partial charge < -0.3 is 9.30 Å². The molecule has 0 radical (unpaired) electrons. The molecule has 0 N–H and O–H groups in total. The third kappa shape index (κ3) is 4.49. The minimum Gasteiger partial charge on any atom is -0.379 e. The van der Waals surface area contributed by atoms with Crippen LogP contribution in [0.25, 0.3) is 5.69 Å². The number of hydrazone groups is 1. The number of hydrogen-bond donors (Lipinski definition) is 0. The highest BCUT2D eigenvalue weighted by atomic mass is 32.2. The van der Waals surface area contributed by atoms with E-state index >= 15 is 0 Å². The number of aromatic nitrogens is 1. The first-order valence-electron chi connectivity index (χ1n) is 11.5. The van der Waals surface area contributed by atoms with Crippen molar-refractivity contribution in [2.45, 2.75) is 63.9 Å². The molecular formula is C24H34N4O3S. The number of benzene rings is 1. The van der Waals surface area contributed by atoms with Crippen molar-refractivity contribution in [1.82, 2.24) is 13.9 Å². The van der Waals surface area contributed by atoms with Gasteiger partial charge in [0.1, 0.15) is 0 Å². The van der Waals surface area contributed by atoms with Gasteiger partial charge in [0.15, 0.2) is 0 Å². The maximum absolute atomic E-state index is 13.1. The van der Waals surface area contributed by atoms with Crippen LogP contribution >= 0.6 is 0 Å². The van der Waals surface area contributed by atoms with Crippen molar-refractivity contribution in [3.8, 4) is 5.69 Å². The predicted octanol–water partition coefficient (Wildman–Crippen LogP) is 3.71. The van der Waals surface area contributed by atoms with Crippen LogP contribution in [0.5, 0.6) is 0 Å². The van der Waals surface area contributed by atoms with Crippen LogP contribution in [0.3, 0.4) is 0 Å². The van der Waals surface area contributed by atoms with E-state index in [0.29, 0.717) is 43.3 Å². The summed E-state index contributed by atoms with van der Waals surface area (Å²) in [4.78, 5) is 0.315. The molecule has 0 saturated carbocycles. The Morgan fingerprint density at radius 1 is 1.06 bits per heavy atom. The van der Waals surface area contributed by atoms with E-state index in [9.17, 15) is 8.42 Å². The van der Waals surface area contributed by atoms with Gasteiger partial charge in [-0.1, -0.05) is 6.07 Å². The largest absolute Gasteiger partial charge is 0.379 e. The fourth-order valence-corrected chi connectivity index (χ4v) is 6.25. The predicted molar refractivity (Wildman–Crippen MR) is 127 cm³/mol. The molecular weight excluding hydrogens is 424 g/mol. The number of nitrogens with zero attached hydrogens (tertiary/aromatic N) is 4. The monoisotopic (exact) mass is 458 g/mol.